The molecular weight excluding hydrogens is 372 g/mol. The summed E-state index contributed by atoms with van der Waals surface area (Å²) >= 11 is 7.42. The first-order valence-corrected chi connectivity index (χ1v) is 9.08. The highest BCUT2D eigenvalue weighted by Crippen LogP contribution is 2.36. The number of carbonyl (C=O) groups excluding carboxylic acids is 1. The van der Waals surface area contributed by atoms with Gasteiger partial charge in [-0.3, -0.25) is 5.32 Å². The van der Waals surface area contributed by atoms with Gasteiger partial charge in [0.15, 0.2) is 0 Å². The Morgan fingerprint density at radius 1 is 1.23 bits per heavy atom. The molecule has 0 saturated heterocycles. The van der Waals surface area contributed by atoms with E-state index in [1.807, 2.05) is 25.1 Å². The first-order chi connectivity index (χ1) is 12.5. The van der Waals surface area contributed by atoms with Gasteiger partial charge in [-0.1, -0.05) is 29.8 Å². The Bertz CT molecular complexity index is 925. The van der Waals surface area contributed by atoms with Crippen LogP contribution in [-0.4, -0.2) is 15.6 Å². The number of nitrogens with one attached hydrogen (secondary N) is 1. The van der Waals surface area contributed by atoms with Crippen LogP contribution in [0.25, 0.3) is 10.4 Å². The maximum atomic E-state index is 12.4. The molecule has 2 N–H and O–H groups in total. The lowest BCUT2D eigenvalue weighted by Gasteiger charge is -2.15. The summed E-state index contributed by atoms with van der Waals surface area (Å²) in [6, 6.07) is 14.0. The Kier molecular flexibility index (Phi) is 5.44. The van der Waals surface area contributed by atoms with Crippen LogP contribution in [0.15, 0.2) is 48.5 Å². The van der Waals surface area contributed by atoms with Gasteiger partial charge in [0.05, 0.1) is 16.3 Å². The summed E-state index contributed by atoms with van der Waals surface area (Å²) in [5.74, 6) is 0.178. The largest absolute Gasteiger partial charge is 0.508 e. The topological polar surface area (TPSA) is 71.5 Å². The van der Waals surface area contributed by atoms with E-state index in [0.717, 1.165) is 16.0 Å². The van der Waals surface area contributed by atoms with Gasteiger partial charge in [-0.05, 0) is 61.3 Å². The lowest BCUT2D eigenvalue weighted by Crippen LogP contribution is -2.16. The third-order valence-electron chi connectivity index (χ3n) is 3.85. The molecule has 1 atom stereocenters. The number of aryl methyl sites for hydroxylation is 1. The molecule has 0 bridgehead atoms. The van der Waals surface area contributed by atoms with E-state index in [1.165, 1.54) is 11.5 Å². The highest BCUT2D eigenvalue weighted by molar-refractivity contribution is 7.10. The number of nitrogens with zero attached hydrogens (tertiary/aromatic N) is 1. The quantitative estimate of drug-likeness (QED) is 0.593. The van der Waals surface area contributed by atoms with Crippen molar-refractivity contribution < 1.29 is 14.6 Å². The molecule has 1 heterocycles. The number of hydrogen-bond donors (Lipinski definition) is 2. The number of anilines is 1. The molecule has 5 nitrogen and oxygen atoms in total. The van der Waals surface area contributed by atoms with Gasteiger partial charge in [0, 0.05) is 10.6 Å². The Morgan fingerprint density at radius 3 is 2.62 bits per heavy atom. The van der Waals surface area contributed by atoms with Gasteiger partial charge < -0.3 is 9.84 Å². The van der Waals surface area contributed by atoms with Crippen LogP contribution >= 0.6 is 23.1 Å². The summed E-state index contributed by atoms with van der Waals surface area (Å²) in [5.41, 5.74) is 2.88. The molecule has 1 aromatic heterocycles. The molecule has 3 rings (SSSR count). The Hall–Kier alpha value is -2.57. The molecule has 0 fully saturated rings. The van der Waals surface area contributed by atoms with Crippen molar-refractivity contribution >= 4 is 34.9 Å². The zero-order valence-electron chi connectivity index (χ0n) is 14.2. The smallest absolute Gasteiger partial charge is 0.412 e. The van der Waals surface area contributed by atoms with Gasteiger partial charge >= 0.3 is 6.09 Å². The lowest BCUT2D eigenvalue weighted by molar-refractivity contribution is 0.121. The number of hydrogen-bond acceptors (Lipinski definition) is 5. The number of halogens is 1. The Morgan fingerprint density at radius 2 is 1.92 bits per heavy atom. The van der Waals surface area contributed by atoms with Crippen LogP contribution in [0.4, 0.5) is 10.5 Å². The first kappa shape index (κ1) is 18.2. The molecule has 3 aromatic rings. The van der Waals surface area contributed by atoms with Crippen molar-refractivity contribution in [1.29, 1.82) is 0 Å². The van der Waals surface area contributed by atoms with Crippen LogP contribution in [-0.2, 0) is 4.74 Å². The van der Waals surface area contributed by atoms with Crippen LogP contribution in [0, 0.1) is 6.92 Å². The normalized spacial score (nSPS) is 11.8. The van der Waals surface area contributed by atoms with E-state index < -0.39 is 12.2 Å². The van der Waals surface area contributed by atoms with E-state index in [0.29, 0.717) is 16.4 Å². The minimum absolute atomic E-state index is 0.178. The number of aromatic hydroxyl groups is 1. The van der Waals surface area contributed by atoms with Crippen LogP contribution in [0.1, 0.15) is 24.3 Å². The van der Waals surface area contributed by atoms with Crippen molar-refractivity contribution in [1.82, 2.24) is 4.37 Å². The van der Waals surface area contributed by atoms with Crippen molar-refractivity contribution in [3.63, 3.8) is 0 Å². The molecular formula is C19H17ClN2O3S. The predicted octanol–water partition coefficient (Wildman–Crippen LogP) is 5.79. The summed E-state index contributed by atoms with van der Waals surface area (Å²) in [6.45, 7) is 3.58. The van der Waals surface area contributed by atoms with Crippen molar-refractivity contribution in [3.8, 4) is 16.2 Å². The molecule has 7 heteroatoms. The SMILES string of the molecule is Cc1nsc(-c2ccc(O)cc2)c1NC(=O)O[C@H](C)c1ccccc1Cl. The Balaban J connectivity index is 1.77. The predicted molar refractivity (Wildman–Crippen MR) is 104 cm³/mol. The van der Waals surface area contributed by atoms with Crippen molar-refractivity contribution in [2.45, 2.75) is 20.0 Å². The minimum Gasteiger partial charge on any atom is -0.508 e. The number of rotatable bonds is 4. The van der Waals surface area contributed by atoms with E-state index in [1.54, 1.807) is 37.3 Å². The summed E-state index contributed by atoms with van der Waals surface area (Å²) in [7, 11) is 0. The van der Waals surface area contributed by atoms with E-state index in [-0.39, 0.29) is 5.75 Å². The number of ether oxygens (including phenoxy) is 1. The highest BCUT2D eigenvalue weighted by atomic mass is 35.5. The maximum absolute atomic E-state index is 12.4. The second-order valence-corrected chi connectivity index (χ2v) is 6.89. The fourth-order valence-corrected chi connectivity index (χ4v) is 3.63. The standard InChI is InChI=1S/C19H17ClN2O3S/c1-11-17(18(26-22-11)13-7-9-14(23)10-8-13)21-19(24)25-12(2)15-5-3-4-6-16(15)20/h3-10,12,23H,1-2H3,(H,21,24)/t12-/m1/s1. The van der Waals surface area contributed by atoms with Gasteiger partial charge in [0.1, 0.15) is 11.9 Å². The van der Waals surface area contributed by atoms with Gasteiger partial charge in [-0.25, -0.2) is 4.79 Å². The van der Waals surface area contributed by atoms with Gasteiger partial charge in [0.2, 0.25) is 0 Å². The van der Waals surface area contributed by atoms with E-state index in [9.17, 15) is 9.90 Å². The molecule has 0 saturated carbocycles. The monoisotopic (exact) mass is 388 g/mol. The fraction of sp³-hybridized carbons (Fsp3) is 0.158. The van der Waals surface area contributed by atoms with Crippen LogP contribution in [0.5, 0.6) is 5.75 Å². The second kappa shape index (κ2) is 7.76. The molecule has 134 valence electrons. The molecule has 0 aliphatic rings. The van der Waals surface area contributed by atoms with Crippen LogP contribution < -0.4 is 5.32 Å². The first-order valence-electron chi connectivity index (χ1n) is 7.93. The van der Waals surface area contributed by atoms with E-state index in [4.69, 9.17) is 16.3 Å². The number of aromatic nitrogens is 1. The molecule has 0 aliphatic heterocycles. The summed E-state index contributed by atoms with van der Waals surface area (Å²) in [4.78, 5) is 13.2. The summed E-state index contributed by atoms with van der Waals surface area (Å²) < 4.78 is 9.77. The van der Waals surface area contributed by atoms with Crippen LogP contribution in [0.2, 0.25) is 5.02 Å². The summed E-state index contributed by atoms with van der Waals surface area (Å²) in [5, 5.41) is 12.8. The number of phenols is 1. The van der Waals surface area contributed by atoms with Gasteiger partial charge in [-0.15, -0.1) is 0 Å². The van der Waals surface area contributed by atoms with Crippen LogP contribution in [0.3, 0.4) is 0 Å². The Labute approximate surface area is 160 Å². The highest BCUT2D eigenvalue weighted by Gasteiger charge is 2.19. The zero-order valence-corrected chi connectivity index (χ0v) is 15.8. The number of benzene rings is 2. The summed E-state index contributed by atoms with van der Waals surface area (Å²) in [6.07, 6.45) is -1.08. The molecule has 2 aromatic carbocycles. The maximum Gasteiger partial charge on any atom is 0.412 e. The van der Waals surface area contributed by atoms with Gasteiger partial charge in [-0.2, -0.15) is 4.37 Å². The molecule has 1 amide bonds. The number of phenolic OH excluding ortho intramolecular Hbond substituents is 1. The third-order valence-corrected chi connectivity index (χ3v) is 5.18. The third kappa shape index (κ3) is 3.98. The second-order valence-electron chi connectivity index (χ2n) is 5.71. The van der Waals surface area contributed by atoms with Gasteiger partial charge in [0.25, 0.3) is 0 Å². The zero-order chi connectivity index (χ0) is 18.7. The van der Waals surface area contributed by atoms with E-state index >= 15 is 0 Å². The number of amides is 1. The molecule has 0 unspecified atom stereocenters. The van der Waals surface area contributed by atoms with Crippen molar-refractivity contribution in [3.05, 3.63) is 64.8 Å². The fourth-order valence-electron chi connectivity index (χ4n) is 2.49. The molecule has 0 aliphatic carbocycles. The molecule has 26 heavy (non-hydrogen) atoms. The van der Waals surface area contributed by atoms with E-state index in [2.05, 4.69) is 9.69 Å². The number of carbonyl (C=O) groups is 1. The average Bonchev–Trinajstić information content (AvgIpc) is 2.96. The average molecular weight is 389 g/mol. The van der Waals surface area contributed by atoms with Crippen molar-refractivity contribution in [2.24, 2.45) is 0 Å². The van der Waals surface area contributed by atoms with Crippen molar-refractivity contribution in [2.75, 3.05) is 5.32 Å². The molecule has 0 radical (unpaired) electrons. The molecule has 0 spiro atoms. The minimum atomic E-state index is -0.583. The lowest BCUT2D eigenvalue weighted by atomic mass is 10.1.